The van der Waals surface area contributed by atoms with Crippen LogP contribution in [0.5, 0.6) is 5.75 Å². The van der Waals surface area contributed by atoms with Crippen LogP contribution in [0, 0.1) is 5.92 Å². The van der Waals surface area contributed by atoms with Gasteiger partial charge in [0.15, 0.2) is 0 Å². The molecule has 1 spiro atoms. The molecule has 1 aromatic carbocycles. The van der Waals surface area contributed by atoms with Crippen molar-refractivity contribution in [2.75, 3.05) is 26.7 Å². The molecular formula is C17H24N2O. The Kier molecular flexibility index (Phi) is 3.00. The third-order valence-electron chi connectivity index (χ3n) is 5.37. The van der Waals surface area contributed by atoms with Crippen LogP contribution in [-0.2, 0) is 12.1 Å². The summed E-state index contributed by atoms with van der Waals surface area (Å²) in [7, 11) is 1.75. The van der Waals surface area contributed by atoms with Crippen LogP contribution in [0.4, 0.5) is 0 Å². The van der Waals surface area contributed by atoms with Gasteiger partial charge < -0.3 is 15.0 Å². The van der Waals surface area contributed by atoms with E-state index in [9.17, 15) is 0 Å². The van der Waals surface area contributed by atoms with E-state index in [0.717, 1.165) is 18.2 Å². The van der Waals surface area contributed by atoms with Crippen molar-refractivity contribution in [2.45, 2.75) is 37.8 Å². The third kappa shape index (κ3) is 2.13. The van der Waals surface area contributed by atoms with Crippen molar-refractivity contribution in [3.63, 3.8) is 0 Å². The minimum Gasteiger partial charge on any atom is -0.497 e. The van der Waals surface area contributed by atoms with E-state index in [1.54, 1.807) is 7.11 Å². The van der Waals surface area contributed by atoms with Crippen LogP contribution in [0.1, 0.15) is 36.8 Å². The molecule has 20 heavy (non-hydrogen) atoms. The molecule has 2 aliphatic heterocycles. The maximum Gasteiger partial charge on any atom is 0.119 e. The molecule has 0 unspecified atom stereocenters. The number of benzene rings is 1. The predicted molar refractivity (Wildman–Crippen MR) is 79.9 cm³/mol. The van der Waals surface area contributed by atoms with Gasteiger partial charge in [0.05, 0.1) is 7.11 Å². The lowest BCUT2D eigenvalue weighted by Crippen LogP contribution is -2.48. The number of methoxy groups -OCH3 is 1. The number of nitrogens with zero attached hydrogens (tertiary/aromatic N) is 1. The number of hydrogen-bond donors (Lipinski definition) is 1. The van der Waals surface area contributed by atoms with Gasteiger partial charge in [-0.25, -0.2) is 0 Å². The SMILES string of the molecule is COc1ccc2c(c1)CNC21CCN(CC2CC2)CC1. The lowest BCUT2D eigenvalue weighted by Gasteiger charge is -2.40. The van der Waals surface area contributed by atoms with Gasteiger partial charge >= 0.3 is 0 Å². The summed E-state index contributed by atoms with van der Waals surface area (Å²) in [6.07, 6.45) is 5.42. The highest BCUT2D eigenvalue weighted by atomic mass is 16.5. The fourth-order valence-electron chi connectivity index (χ4n) is 3.90. The maximum atomic E-state index is 5.35. The summed E-state index contributed by atoms with van der Waals surface area (Å²) in [6, 6.07) is 6.60. The summed E-state index contributed by atoms with van der Waals surface area (Å²) >= 11 is 0. The Bertz CT molecular complexity index is 502. The average Bonchev–Trinajstić information content (AvgIpc) is 3.24. The van der Waals surface area contributed by atoms with Gasteiger partial charge in [0, 0.05) is 31.7 Å². The smallest absolute Gasteiger partial charge is 0.119 e. The molecule has 1 aromatic rings. The zero-order valence-electron chi connectivity index (χ0n) is 12.3. The van der Waals surface area contributed by atoms with E-state index in [-0.39, 0.29) is 5.54 Å². The second-order valence-electron chi connectivity index (χ2n) is 6.70. The summed E-state index contributed by atoms with van der Waals surface area (Å²) in [5.74, 6) is 1.99. The number of rotatable bonds is 3. The van der Waals surface area contributed by atoms with Crippen LogP contribution in [0.15, 0.2) is 18.2 Å². The topological polar surface area (TPSA) is 24.5 Å². The van der Waals surface area contributed by atoms with Crippen molar-refractivity contribution < 1.29 is 4.74 Å². The van der Waals surface area contributed by atoms with Crippen LogP contribution in [0.3, 0.4) is 0 Å². The fourth-order valence-corrected chi connectivity index (χ4v) is 3.90. The Morgan fingerprint density at radius 2 is 2.10 bits per heavy atom. The van der Waals surface area contributed by atoms with E-state index in [4.69, 9.17) is 4.74 Å². The number of fused-ring (bicyclic) bond motifs is 2. The monoisotopic (exact) mass is 272 g/mol. The Morgan fingerprint density at radius 1 is 1.30 bits per heavy atom. The van der Waals surface area contributed by atoms with Gasteiger partial charge in [-0.3, -0.25) is 0 Å². The van der Waals surface area contributed by atoms with Crippen LogP contribution >= 0.6 is 0 Å². The average molecular weight is 272 g/mol. The Hall–Kier alpha value is -1.06. The standard InChI is InChI=1S/C17H24N2O/c1-20-15-4-5-16-14(10-15)11-18-17(16)6-8-19(9-7-17)12-13-2-3-13/h4-5,10,13,18H,2-3,6-9,11-12H2,1H3. The van der Waals surface area contributed by atoms with E-state index < -0.39 is 0 Å². The Morgan fingerprint density at radius 3 is 2.80 bits per heavy atom. The fraction of sp³-hybridized carbons (Fsp3) is 0.647. The lowest BCUT2D eigenvalue weighted by molar-refractivity contribution is 0.137. The zero-order chi connectivity index (χ0) is 13.6. The highest BCUT2D eigenvalue weighted by molar-refractivity contribution is 5.43. The molecule has 0 radical (unpaired) electrons. The highest BCUT2D eigenvalue weighted by Crippen LogP contribution is 2.41. The molecule has 3 aliphatic rings. The molecule has 1 aliphatic carbocycles. The molecule has 0 aromatic heterocycles. The highest BCUT2D eigenvalue weighted by Gasteiger charge is 2.41. The summed E-state index contributed by atoms with van der Waals surface area (Å²) in [4.78, 5) is 2.67. The molecule has 2 heterocycles. The van der Waals surface area contributed by atoms with E-state index in [1.807, 2.05) is 0 Å². The second-order valence-corrected chi connectivity index (χ2v) is 6.70. The van der Waals surface area contributed by atoms with Crippen LogP contribution in [-0.4, -0.2) is 31.6 Å². The molecule has 0 atom stereocenters. The molecule has 2 fully saturated rings. The van der Waals surface area contributed by atoms with Gasteiger partial charge in [0.25, 0.3) is 0 Å². The first-order valence-corrected chi connectivity index (χ1v) is 7.94. The summed E-state index contributed by atoms with van der Waals surface area (Å²) in [5.41, 5.74) is 3.19. The van der Waals surface area contributed by atoms with Crippen LogP contribution in [0.25, 0.3) is 0 Å². The Balaban J connectivity index is 1.50. The van der Waals surface area contributed by atoms with E-state index in [1.165, 1.54) is 56.4 Å². The van der Waals surface area contributed by atoms with Gasteiger partial charge in [-0.15, -0.1) is 0 Å². The number of ether oxygens (including phenoxy) is 1. The maximum absolute atomic E-state index is 5.35. The first-order chi connectivity index (χ1) is 9.79. The van der Waals surface area contributed by atoms with Crippen molar-refractivity contribution >= 4 is 0 Å². The van der Waals surface area contributed by atoms with Crippen molar-refractivity contribution in [1.82, 2.24) is 10.2 Å². The van der Waals surface area contributed by atoms with Crippen molar-refractivity contribution in [1.29, 1.82) is 0 Å². The van der Waals surface area contributed by atoms with Crippen molar-refractivity contribution in [3.05, 3.63) is 29.3 Å². The molecule has 4 rings (SSSR count). The normalized spacial score (nSPS) is 24.9. The summed E-state index contributed by atoms with van der Waals surface area (Å²) < 4.78 is 5.35. The summed E-state index contributed by atoms with van der Waals surface area (Å²) in [5, 5.41) is 3.80. The van der Waals surface area contributed by atoms with Gasteiger partial charge in [-0.05, 0) is 54.9 Å². The molecule has 0 bridgehead atoms. The van der Waals surface area contributed by atoms with Gasteiger partial charge in [0.1, 0.15) is 5.75 Å². The molecule has 0 amide bonds. The van der Waals surface area contributed by atoms with Gasteiger partial charge in [-0.2, -0.15) is 0 Å². The quantitative estimate of drug-likeness (QED) is 0.915. The molecule has 108 valence electrons. The third-order valence-corrected chi connectivity index (χ3v) is 5.37. The first kappa shape index (κ1) is 12.7. The largest absolute Gasteiger partial charge is 0.497 e. The predicted octanol–water partition coefficient (Wildman–Crippen LogP) is 2.50. The van der Waals surface area contributed by atoms with Crippen molar-refractivity contribution in [2.24, 2.45) is 5.92 Å². The number of piperidine rings is 1. The van der Waals surface area contributed by atoms with E-state index >= 15 is 0 Å². The van der Waals surface area contributed by atoms with Crippen molar-refractivity contribution in [3.8, 4) is 5.75 Å². The van der Waals surface area contributed by atoms with E-state index in [2.05, 4.69) is 28.4 Å². The molecule has 3 nitrogen and oxygen atoms in total. The summed E-state index contributed by atoms with van der Waals surface area (Å²) in [6.45, 7) is 4.82. The minimum atomic E-state index is 0.238. The molecule has 1 N–H and O–H groups in total. The van der Waals surface area contributed by atoms with Crippen LogP contribution < -0.4 is 10.1 Å². The first-order valence-electron chi connectivity index (χ1n) is 7.94. The van der Waals surface area contributed by atoms with Gasteiger partial charge in [0.2, 0.25) is 0 Å². The number of likely N-dealkylation sites (tertiary alicyclic amines) is 1. The molecule has 1 saturated carbocycles. The van der Waals surface area contributed by atoms with Gasteiger partial charge in [-0.1, -0.05) is 6.07 Å². The minimum absolute atomic E-state index is 0.238. The zero-order valence-corrected chi connectivity index (χ0v) is 12.3. The van der Waals surface area contributed by atoms with Crippen LogP contribution in [0.2, 0.25) is 0 Å². The Labute approximate surface area is 121 Å². The molecule has 1 saturated heterocycles. The number of hydrogen-bond acceptors (Lipinski definition) is 3. The second kappa shape index (κ2) is 4.74. The molecular weight excluding hydrogens is 248 g/mol. The lowest BCUT2D eigenvalue weighted by atomic mass is 9.81. The molecule has 3 heteroatoms. The van der Waals surface area contributed by atoms with E-state index in [0.29, 0.717) is 0 Å². The number of nitrogens with one attached hydrogen (secondary N) is 1.